The maximum absolute atomic E-state index is 12.4. The van der Waals surface area contributed by atoms with Crippen LogP contribution in [0.4, 0.5) is 8.78 Å². The molecule has 8 heteroatoms. The van der Waals surface area contributed by atoms with E-state index in [1.54, 1.807) is 14.0 Å². The molecular weight excluding hydrogens is 272 g/mol. The highest BCUT2D eigenvalue weighted by Gasteiger charge is 2.17. The Morgan fingerprint density at radius 3 is 2.85 bits per heavy atom. The predicted molar refractivity (Wildman–Crippen MR) is 66.5 cm³/mol. The molecule has 0 unspecified atom stereocenters. The Bertz CT molecular complexity index is 695. The first-order valence-electron chi connectivity index (χ1n) is 5.59. The molecule has 2 aromatic rings. The van der Waals surface area contributed by atoms with Crippen LogP contribution in [0.1, 0.15) is 11.1 Å². The standard InChI is InChI=1S/C12H11F2N3O3/c1-6-7(3-4-9(18)19)5-8(20-12(13)14)11-10(6)15-16-17(11)2/h3-5,12H,1-2H3,(H,18,19)/b4-3+. The molecule has 106 valence electrons. The van der Waals surface area contributed by atoms with Crippen LogP contribution in [-0.4, -0.2) is 32.7 Å². The smallest absolute Gasteiger partial charge is 0.387 e. The van der Waals surface area contributed by atoms with Crippen molar-refractivity contribution in [2.45, 2.75) is 13.5 Å². The van der Waals surface area contributed by atoms with Crippen molar-refractivity contribution < 1.29 is 23.4 Å². The first kappa shape index (κ1) is 13.9. The third-order valence-electron chi connectivity index (χ3n) is 2.76. The van der Waals surface area contributed by atoms with Crippen molar-refractivity contribution in [3.63, 3.8) is 0 Å². The Balaban J connectivity index is 2.65. The van der Waals surface area contributed by atoms with Crippen molar-refractivity contribution in [3.05, 3.63) is 23.3 Å². The Kier molecular flexibility index (Phi) is 3.64. The van der Waals surface area contributed by atoms with Gasteiger partial charge in [-0.1, -0.05) is 5.21 Å². The molecule has 6 nitrogen and oxygen atoms in total. The molecule has 0 aliphatic rings. The van der Waals surface area contributed by atoms with E-state index in [1.807, 2.05) is 0 Å². The molecule has 1 N–H and O–H groups in total. The zero-order chi connectivity index (χ0) is 14.9. The Morgan fingerprint density at radius 2 is 2.25 bits per heavy atom. The number of aryl methyl sites for hydroxylation is 2. The van der Waals surface area contributed by atoms with Crippen molar-refractivity contribution >= 4 is 23.1 Å². The first-order chi connectivity index (χ1) is 9.40. The maximum atomic E-state index is 12.4. The van der Waals surface area contributed by atoms with Gasteiger partial charge in [0, 0.05) is 13.1 Å². The molecule has 0 spiro atoms. The second-order valence-corrected chi connectivity index (χ2v) is 4.05. The lowest BCUT2D eigenvalue weighted by Crippen LogP contribution is -2.05. The fraction of sp³-hybridized carbons (Fsp3) is 0.250. The van der Waals surface area contributed by atoms with Gasteiger partial charge < -0.3 is 9.84 Å². The van der Waals surface area contributed by atoms with Gasteiger partial charge in [-0.25, -0.2) is 9.48 Å². The van der Waals surface area contributed by atoms with E-state index in [9.17, 15) is 13.6 Å². The van der Waals surface area contributed by atoms with Crippen molar-refractivity contribution in [2.75, 3.05) is 0 Å². The molecule has 0 fully saturated rings. The van der Waals surface area contributed by atoms with Gasteiger partial charge in [0.2, 0.25) is 0 Å². The zero-order valence-corrected chi connectivity index (χ0v) is 10.7. The summed E-state index contributed by atoms with van der Waals surface area (Å²) in [6.07, 6.45) is 2.21. The molecule has 0 amide bonds. The number of halogens is 2. The summed E-state index contributed by atoms with van der Waals surface area (Å²) in [5.41, 5.74) is 1.77. The zero-order valence-electron chi connectivity index (χ0n) is 10.7. The van der Waals surface area contributed by atoms with Crippen LogP contribution in [0.2, 0.25) is 0 Å². The molecule has 2 rings (SSSR count). The first-order valence-corrected chi connectivity index (χ1v) is 5.59. The number of aromatic nitrogens is 3. The molecule has 0 radical (unpaired) electrons. The predicted octanol–water partition coefficient (Wildman–Crippen LogP) is 1.98. The lowest BCUT2D eigenvalue weighted by Gasteiger charge is -2.10. The highest BCUT2D eigenvalue weighted by atomic mass is 19.3. The Morgan fingerprint density at radius 1 is 1.55 bits per heavy atom. The summed E-state index contributed by atoms with van der Waals surface area (Å²) in [6, 6.07) is 1.34. The van der Waals surface area contributed by atoms with Crippen LogP contribution >= 0.6 is 0 Å². The van der Waals surface area contributed by atoms with E-state index in [-0.39, 0.29) is 5.75 Å². The van der Waals surface area contributed by atoms with Crippen molar-refractivity contribution in [2.24, 2.45) is 7.05 Å². The number of alkyl halides is 2. The van der Waals surface area contributed by atoms with Crippen LogP contribution in [0.15, 0.2) is 12.1 Å². The molecule has 0 aliphatic heterocycles. The van der Waals surface area contributed by atoms with Crippen LogP contribution in [0.5, 0.6) is 5.75 Å². The molecule has 0 saturated heterocycles. The van der Waals surface area contributed by atoms with E-state index in [0.29, 0.717) is 22.2 Å². The normalized spacial score (nSPS) is 11.7. The monoisotopic (exact) mass is 283 g/mol. The molecule has 0 saturated carbocycles. The molecule has 0 aliphatic carbocycles. The Hall–Kier alpha value is -2.51. The van der Waals surface area contributed by atoms with Crippen LogP contribution in [0.3, 0.4) is 0 Å². The summed E-state index contributed by atoms with van der Waals surface area (Å²) in [5, 5.41) is 16.3. The number of ether oxygens (including phenoxy) is 1. The number of aliphatic carboxylic acids is 1. The van der Waals surface area contributed by atoms with Gasteiger partial charge >= 0.3 is 12.6 Å². The van der Waals surface area contributed by atoms with Crippen molar-refractivity contribution in [3.8, 4) is 5.75 Å². The highest BCUT2D eigenvalue weighted by molar-refractivity contribution is 5.91. The highest BCUT2D eigenvalue weighted by Crippen LogP contribution is 2.31. The maximum Gasteiger partial charge on any atom is 0.387 e. The second-order valence-electron chi connectivity index (χ2n) is 4.05. The number of benzene rings is 1. The molecule has 1 heterocycles. The van der Waals surface area contributed by atoms with E-state index in [0.717, 1.165) is 6.08 Å². The van der Waals surface area contributed by atoms with Crippen LogP contribution < -0.4 is 4.74 Å². The number of carbonyl (C=O) groups is 1. The SMILES string of the molecule is Cc1c(/C=C/C(=O)O)cc(OC(F)F)c2c1nnn2C. The van der Waals surface area contributed by atoms with E-state index >= 15 is 0 Å². The van der Waals surface area contributed by atoms with Gasteiger partial charge in [0.15, 0.2) is 5.75 Å². The molecule has 0 bridgehead atoms. The number of hydrogen-bond donors (Lipinski definition) is 1. The average molecular weight is 283 g/mol. The molecule has 1 aromatic carbocycles. The summed E-state index contributed by atoms with van der Waals surface area (Å²) < 4.78 is 30.7. The summed E-state index contributed by atoms with van der Waals surface area (Å²) in [4.78, 5) is 10.5. The Labute approximate surface area is 112 Å². The number of hydrogen-bond acceptors (Lipinski definition) is 4. The van der Waals surface area contributed by atoms with E-state index < -0.39 is 12.6 Å². The van der Waals surface area contributed by atoms with Crippen molar-refractivity contribution in [1.82, 2.24) is 15.0 Å². The number of carboxylic acids is 1. The number of nitrogens with zero attached hydrogens (tertiary/aromatic N) is 3. The minimum Gasteiger partial charge on any atom is -0.478 e. The van der Waals surface area contributed by atoms with E-state index in [4.69, 9.17) is 5.11 Å². The van der Waals surface area contributed by atoms with Gasteiger partial charge in [-0.15, -0.1) is 5.10 Å². The lowest BCUT2D eigenvalue weighted by atomic mass is 10.1. The molecular formula is C12H11F2N3O3. The van der Waals surface area contributed by atoms with Gasteiger partial charge in [0.1, 0.15) is 11.0 Å². The fourth-order valence-electron chi connectivity index (χ4n) is 1.86. The molecule has 1 aromatic heterocycles. The summed E-state index contributed by atoms with van der Waals surface area (Å²) in [6.45, 7) is -1.29. The van der Waals surface area contributed by atoms with Gasteiger partial charge in [-0.3, -0.25) is 0 Å². The van der Waals surface area contributed by atoms with Crippen LogP contribution in [-0.2, 0) is 11.8 Å². The van der Waals surface area contributed by atoms with E-state index in [1.165, 1.54) is 16.8 Å². The lowest BCUT2D eigenvalue weighted by molar-refractivity contribution is -0.131. The van der Waals surface area contributed by atoms with Crippen LogP contribution in [0.25, 0.3) is 17.1 Å². The average Bonchev–Trinajstić information content (AvgIpc) is 2.73. The topological polar surface area (TPSA) is 77.2 Å². The minimum absolute atomic E-state index is 0.0989. The van der Waals surface area contributed by atoms with Gasteiger partial charge in [-0.2, -0.15) is 8.78 Å². The summed E-state index contributed by atoms with van der Waals surface area (Å²) in [7, 11) is 1.56. The summed E-state index contributed by atoms with van der Waals surface area (Å²) >= 11 is 0. The third-order valence-corrected chi connectivity index (χ3v) is 2.76. The van der Waals surface area contributed by atoms with Gasteiger partial charge in [0.05, 0.1) is 0 Å². The number of carboxylic acid groups (broad SMARTS) is 1. The van der Waals surface area contributed by atoms with Crippen LogP contribution in [0, 0.1) is 6.92 Å². The van der Waals surface area contributed by atoms with E-state index in [2.05, 4.69) is 15.0 Å². The fourth-order valence-corrected chi connectivity index (χ4v) is 1.86. The molecule has 20 heavy (non-hydrogen) atoms. The quantitative estimate of drug-likeness (QED) is 0.868. The number of fused-ring (bicyclic) bond motifs is 1. The third kappa shape index (κ3) is 2.58. The second kappa shape index (κ2) is 5.24. The van der Waals surface area contributed by atoms with Gasteiger partial charge in [-0.05, 0) is 30.2 Å². The molecule has 0 atom stereocenters. The summed E-state index contributed by atoms with van der Waals surface area (Å²) in [5.74, 6) is -1.24. The number of rotatable bonds is 4. The van der Waals surface area contributed by atoms with Gasteiger partial charge in [0.25, 0.3) is 0 Å². The van der Waals surface area contributed by atoms with Crippen molar-refractivity contribution in [1.29, 1.82) is 0 Å². The minimum atomic E-state index is -2.99. The largest absolute Gasteiger partial charge is 0.478 e.